The fourth-order valence-corrected chi connectivity index (χ4v) is 11.7. The van der Waals surface area contributed by atoms with Crippen LogP contribution in [0.5, 0.6) is 0 Å². The molecule has 0 aliphatic heterocycles. The molecule has 0 unspecified atom stereocenters. The molecule has 12 heteroatoms. The number of rotatable bonds is 13. The Balaban J connectivity index is 4.53. The van der Waals surface area contributed by atoms with Crippen LogP contribution in [0.25, 0.3) is 0 Å². The summed E-state index contributed by atoms with van der Waals surface area (Å²) >= 11 is 0. The molecule has 0 aromatic heterocycles. The van der Waals surface area contributed by atoms with Gasteiger partial charge in [-0.2, -0.15) is 0 Å². The van der Waals surface area contributed by atoms with Gasteiger partial charge in [-0.05, 0) is 68.6 Å². The van der Waals surface area contributed by atoms with Crippen LogP contribution in [0.4, 0.5) is 0 Å². The predicted molar refractivity (Wildman–Crippen MR) is 125 cm³/mol. The van der Waals surface area contributed by atoms with Gasteiger partial charge >= 0.3 is 10.0 Å². The second-order valence-electron chi connectivity index (χ2n) is 8.75. The van der Waals surface area contributed by atoms with Crippen LogP contribution in [0.15, 0.2) is 22.8 Å². The van der Waals surface area contributed by atoms with Gasteiger partial charge < -0.3 is 22.2 Å². The van der Waals surface area contributed by atoms with Crippen molar-refractivity contribution in [3.8, 4) is 0 Å². The minimum Gasteiger partial charge on any atom is -0.453 e. The molecule has 5 nitrogen and oxygen atoms in total. The van der Waals surface area contributed by atoms with Crippen molar-refractivity contribution in [1.29, 1.82) is 0 Å². The first-order valence-corrected chi connectivity index (χ1v) is 23.6. The van der Waals surface area contributed by atoms with Crippen molar-refractivity contribution >= 4 is 62.8 Å². The molecule has 0 fully saturated rings. The highest BCUT2D eigenvalue weighted by atomic mass is 28.4. The molecule has 0 saturated heterocycles. The highest BCUT2D eigenvalue weighted by Gasteiger charge is 2.34. The Kier molecular flexibility index (Phi) is 10.9. The van der Waals surface area contributed by atoms with E-state index in [0.717, 1.165) is 9.64 Å². The van der Waals surface area contributed by atoms with E-state index in [2.05, 4.69) is 72.1 Å². The molecule has 0 amide bonds. The average Bonchev–Trinajstić information content (AvgIpc) is 2.49. The van der Waals surface area contributed by atoms with E-state index in [-0.39, 0.29) is 19.8 Å². The number of hydrogen-bond donors (Lipinski definition) is 1. The molecule has 0 saturated carbocycles. The van der Waals surface area contributed by atoms with Gasteiger partial charge in [0.1, 0.15) is 0 Å². The lowest BCUT2D eigenvalue weighted by Gasteiger charge is -2.30. The van der Waals surface area contributed by atoms with E-state index in [1.54, 1.807) is 0 Å². The summed E-state index contributed by atoms with van der Waals surface area (Å²) in [5, 5.41) is 0. The van der Waals surface area contributed by atoms with Crippen molar-refractivity contribution in [2.45, 2.75) is 58.9 Å². The van der Waals surface area contributed by atoms with E-state index in [4.69, 9.17) is 22.2 Å². The summed E-state index contributed by atoms with van der Waals surface area (Å²) in [5.74, 6) is 0. The van der Waals surface area contributed by atoms with Gasteiger partial charge in [0.15, 0.2) is 25.0 Å². The lowest BCUT2D eigenvalue weighted by molar-refractivity contribution is 0.454. The van der Waals surface area contributed by atoms with Gasteiger partial charge in [0.25, 0.3) is 0 Å². The van der Waals surface area contributed by atoms with Gasteiger partial charge in [-0.1, -0.05) is 0 Å². The molecule has 26 heavy (non-hydrogen) atoms. The minimum absolute atomic E-state index is 0.0258. The van der Waals surface area contributed by atoms with Crippen molar-refractivity contribution in [2.24, 2.45) is 5.73 Å². The van der Waals surface area contributed by atoms with Gasteiger partial charge in [0.2, 0.25) is 27.8 Å². The molecule has 6 radical (unpaired) electrons. The lowest BCUT2D eigenvalue weighted by atomic mass is 11.2. The predicted octanol–water partition coefficient (Wildman–Crippen LogP) is 2.88. The average molecular weight is 478 g/mol. The summed E-state index contributed by atoms with van der Waals surface area (Å²) in [6.45, 7) is 27.9. The highest BCUT2D eigenvalue weighted by Crippen LogP contribution is 2.19. The molecule has 148 valence electrons. The second kappa shape index (κ2) is 10.5. The first kappa shape index (κ1) is 26.8. The van der Waals surface area contributed by atoms with E-state index < -0.39 is 33.3 Å². The summed E-state index contributed by atoms with van der Waals surface area (Å²) in [7, 11) is -6.83. The first-order chi connectivity index (χ1) is 11.5. The van der Waals surface area contributed by atoms with Crippen LogP contribution in [0, 0.1) is 0 Å². The van der Waals surface area contributed by atoms with Gasteiger partial charge in [-0.3, -0.25) is 0 Å². The second-order valence-corrected chi connectivity index (χ2v) is 30.2. The lowest BCUT2D eigenvalue weighted by Crippen LogP contribution is -2.46. The zero-order chi connectivity index (χ0) is 20.8. The topological polar surface area (TPSA) is 62.9 Å². The Hall–Kier alpha value is 0.798. The van der Waals surface area contributed by atoms with Crippen LogP contribution < -0.4 is 5.73 Å². The Morgan fingerprint density at radius 1 is 0.731 bits per heavy atom. The van der Waals surface area contributed by atoms with Crippen molar-refractivity contribution in [3.05, 3.63) is 22.8 Å². The summed E-state index contributed by atoms with van der Waals surface area (Å²) in [4.78, 5) is 2.17. The Morgan fingerprint density at radius 2 is 1.15 bits per heavy atom. The third-order valence-electron chi connectivity index (χ3n) is 3.47. The molecule has 0 aliphatic carbocycles. The highest BCUT2D eigenvalue weighted by molar-refractivity contribution is 6.96. The summed E-state index contributed by atoms with van der Waals surface area (Å²) in [5.41, 5.74) is 5.74. The fraction of sp³-hybridized carbons (Fsp3) is 0.714. The maximum atomic E-state index is 6.29. The molecule has 0 aromatic rings. The van der Waals surface area contributed by atoms with Gasteiger partial charge in [0, 0.05) is 6.17 Å². The monoisotopic (exact) mass is 477 g/mol. The SMILES string of the molecule is C=C([Si]O[Si](C)(C)C(=C)[Si]O[Si](C)(C)C)[Si](C)(C)O[Si]O[Si](C)(C)CN. The van der Waals surface area contributed by atoms with Crippen LogP contribution in [-0.4, -0.2) is 69.0 Å². The normalized spacial score (nSPS) is 13.8. The molecule has 0 heterocycles. The maximum absolute atomic E-state index is 6.29. The Morgan fingerprint density at radius 3 is 1.58 bits per heavy atom. The number of hydrogen-bond acceptors (Lipinski definition) is 5. The Labute approximate surface area is 172 Å². The maximum Gasteiger partial charge on any atom is 0.410 e. The van der Waals surface area contributed by atoms with Crippen molar-refractivity contribution in [1.82, 2.24) is 0 Å². The van der Waals surface area contributed by atoms with Gasteiger partial charge in [-0.25, -0.2) is 0 Å². The zero-order valence-electron chi connectivity index (χ0n) is 17.8. The number of nitrogens with two attached hydrogens (primary N) is 1. The van der Waals surface area contributed by atoms with Crippen molar-refractivity contribution < 1.29 is 16.5 Å². The summed E-state index contributed by atoms with van der Waals surface area (Å²) < 4.78 is 24.2. The van der Waals surface area contributed by atoms with E-state index >= 15 is 0 Å². The largest absolute Gasteiger partial charge is 0.453 e. The summed E-state index contributed by atoms with van der Waals surface area (Å²) in [6, 6.07) is 0. The van der Waals surface area contributed by atoms with Crippen LogP contribution in [0.1, 0.15) is 0 Å². The van der Waals surface area contributed by atoms with Crippen molar-refractivity contribution in [3.63, 3.8) is 0 Å². The standard InChI is InChI=1S/C14H35NO4Si7/c1-13(20-16-23(3,4)5)25(8,9)17-21-14(2)26(10,11)19-22-18-24(6,7)12-15/h1-2,12,15H2,3-11H3. The van der Waals surface area contributed by atoms with Crippen LogP contribution in [0.2, 0.25) is 58.9 Å². The molecule has 0 atom stereocenters. The molecular weight excluding hydrogens is 443 g/mol. The van der Waals surface area contributed by atoms with Gasteiger partial charge in [-0.15, -0.1) is 13.2 Å². The molecule has 0 rings (SSSR count). The molecule has 2 N–H and O–H groups in total. The molecule has 0 bridgehead atoms. The molecule has 0 aromatic carbocycles. The van der Waals surface area contributed by atoms with E-state index in [1.165, 1.54) is 0 Å². The first-order valence-electron chi connectivity index (χ1n) is 8.60. The van der Waals surface area contributed by atoms with Gasteiger partial charge in [0.05, 0.1) is 0 Å². The van der Waals surface area contributed by atoms with Crippen LogP contribution >= 0.6 is 0 Å². The smallest absolute Gasteiger partial charge is 0.410 e. The quantitative estimate of drug-likeness (QED) is 0.413. The molecular formula is C14H35NO4Si7. The third-order valence-corrected chi connectivity index (χ3v) is 22.3. The zero-order valence-corrected chi connectivity index (χ0v) is 24.8. The molecule has 0 aliphatic rings. The van der Waals surface area contributed by atoms with Crippen molar-refractivity contribution in [2.75, 3.05) is 6.17 Å². The van der Waals surface area contributed by atoms with Crippen LogP contribution in [-0.2, 0) is 16.5 Å². The molecule has 0 spiro atoms. The summed E-state index contributed by atoms with van der Waals surface area (Å²) in [6.07, 6.45) is 0.597. The van der Waals surface area contributed by atoms with E-state index in [9.17, 15) is 0 Å². The third kappa shape index (κ3) is 11.0. The Bertz CT molecular complexity index is 492. The van der Waals surface area contributed by atoms with Crippen LogP contribution in [0.3, 0.4) is 0 Å². The fourth-order valence-electron chi connectivity index (χ4n) is 1.05. The minimum atomic E-state index is -2.07. The van der Waals surface area contributed by atoms with E-state index in [0.29, 0.717) is 15.9 Å². The van der Waals surface area contributed by atoms with E-state index in [1.807, 2.05) is 0 Å².